The minimum atomic E-state index is -0.263. The fraction of sp³-hybridized carbons (Fsp3) is 0.172. The Kier molecular flexibility index (Phi) is 6.99. The van der Waals surface area contributed by atoms with Crippen LogP contribution >= 0.6 is 11.6 Å². The molecule has 0 aliphatic carbocycles. The molecule has 0 aromatic heterocycles. The quantitative estimate of drug-likeness (QED) is 0.240. The van der Waals surface area contributed by atoms with Crippen molar-refractivity contribution in [3.05, 3.63) is 112 Å². The zero-order chi connectivity index (χ0) is 24.1. The van der Waals surface area contributed by atoms with E-state index in [4.69, 9.17) is 16.3 Å². The summed E-state index contributed by atoms with van der Waals surface area (Å²) in [5, 5.41) is 6.98. The van der Waals surface area contributed by atoms with Crippen LogP contribution in [0.2, 0.25) is 5.02 Å². The van der Waals surface area contributed by atoms with E-state index in [1.54, 1.807) is 6.21 Å². The van der Waals surface area contributed by atoms with Crippen LogP contribution in [0.5, 0.6) is 5.75 Å². The smallest absolute Gasteiger partial charge is 0.271 e. The largest absolute Gasteiger partial charge is 0.488 e. The monoisotopic (exact) mass is 470 g/mol. The maximum absolute atomic E-state index is 12.6. The van der Waals surface area contributed by atoms with Crippen LogP contribution in [0.15, 0.2) is 90.0 Å². The van der Waals surface area contributed by atoms with E-state index in [1.165, 1.54) is 5.56 Å². The van der Waals surface area contributed by atoms with Crippen molar-refractivity contribution < 1.29 is 9.53 Å². The Bertz CT molecular complexity index is 1320. The van der Waals surface area contributed by atoms with E-state index >= 15 is 0 Å². The van der Waals surface area contributed by atoms with Crippen LogP contribution in [0.1, 0.15) is 47.8 Å². The van der Waals surface area contributed by atoms with E-state index in [0.717, 1.165) is 21.9 Å². The van der Waals surface area contributed by atoms with Gasteiger partial charge >= 0.3 is 0 Å². The molecule has 1 N–H and O–H groups in total. The topological polar surface area (TPSA) is 50.7 Å². The number of halogens is 1. The third kappa shape index (κ3) is 5.64. The molecule has 5 heteroatoms. The predicted molar refractivity (Wildman–Crippen MR) is 140 cm³/mol. The van der Waals surface area contributed by atoms with E-state index < -0.39 is 0 Å². The number of hydrazone groups is 1. The van der Waals surface area contributed by atoms with E-state index in [2.05, 4.69) is 31.3 Å². The second-order valence-corrected chi connectivity index (χ2v) is 9.58. The van der Waals surface area contributed by atoms with Crippen molar-refractivity contribution in [3.63, 3.8) is 0 Å². The van der Waals surface area contributed by atoms with Crippen molar-refractivity contribution >= 4 is 34.5 Å². The molecule has 0 unspecified atom stereocenters. The molecule has 4 rings (SSSR count). The van der Waals surface area contributed by atoms with Crippen LogP contribution in [-0.4, -0.2) is 12.1 Å². The van der Waals surface area contributed by atoms with Crippen LogP contribution < -0.4 is 10.2 Å². The summed E-state index contributed by atoms with van der Waals surface area (Å²) in [5.74, 6) is 0.418. The van der Waals surface area contributed by atoms with Gasteiger partial charge in [-0.15, -0.1) is 0 Å². The lowest BCUT2D eigenvalue weighted by Gasteiger charge is -2.18. The second-order valence-electron chi connectivity index (χ2n) is 9.14. The molecule has 0 fully saturated rings. The molecule has 4 aromatic carbocycles. The van der Waals surface area contributed by atoms with E-state index in [-0.39, 0.29) is 11.3 Å². The summed E-state index contributed by atoms with van der Waals surface area (Å²) in [7, 11) is 0. The summed E-state index contributed by atoms with van der Waals surface area (Å²) in [4.78, 5) is 12.6. The van der Waals surface area contributed by atoms with Gasteiger partial charge in [-0.2, -0.15) is 5.10 Å². The van der Waals surface area contributed by atoms with Crippen molar-refractivity contribution in [2.24, 2.45) is 5.10 Å². The van der Waals surface area contributed by atoms with Crippen molar-refractivity contribution in [1.82, 2.24) is 5.43 Å². The number of carbonyl (C=O) groups excluding carboxylic acids is 1. The molecule has 4 nitrogen and oxygen atoms in total. The number of hydrogen-bond acceptors (Lipinski definition) is 3. The minimum Gasteiger partial charge on any atom is -0.488 e. The molecule has 0 atom stereocenters. The van der Waals surface area contributed by atoms with Gasteiger partial charge in [0, 0.05) is 16.1 Å². The van der Waals surface area contributed by atoms with Crippen LogP contribution in [-0.2, 0) is 12.0 Å². The number of benzene rings is 4. The molecule has 172 valence electrons. The van der Waals surface area contributed by atoms with Gasteiger partial charge in [0.05, 0.1) is 6.21 Å². The standard InChI is InChI=1S/C29H27ClN2O2/c1-29(2,3)23-13-10-22(11-14-23)28(33)32-31-18-26-25-7-5-4-6-21(25)12-17-27(26)34-19-20-8-15-24(30)16-9-20/h4-18H,19H2,1-3H3,(H,32,33)/b31-18-. The minimum absolute atomic E-state index is 0.0317. The first-order valence-corrected chi connectivity index (χ1v) is 11.5. The van der Waals surface area contributed by atoms with Gasteiger partial charge in [-0.1, -0.05) is 87.0 Å². The number of nitrogens with one attached hydrogen (secondary N) is 1. The summed E-state index contributed by atoms with van der Waals surface area (Å²) >= 11 is 5.98. The van der Waals surface area contributed by atoms with E-state index in [9.17, 15) is 4.79 Å². The molecule has 0 saturated carbocycles. The average molecular weight is 471 g/mol. The Morgan fingerprint density at radius 3 is 2.35 bits per heavy atom. The first-order valence-electron chi connectivity index (χ1n) is 11.1. The highest BCUT2D eigenvalue weighted by atomic mass is 35.5. The lowest BCUT2D eigenvalue weighted by Crippen LogP contribution is -2.18. The number of fused-ring (bicyclic) bond motifs is 1. The molecule has 0 aliphatic heterocycles. The molecule has 0 radical (unpaired) electrons. The Hall–Kier alpha value is -3.63. The Balaban J connectivity index is 1.54. The highest BCUT2D eigenvalue weighted by molar-refractivity contribution is 6.30. The number of nitrogens with zero attached hydrogens (tertiary/aromatic N) is 1. The highest BCUT2D eigenvalue weighted by Crippen LogP contribution is 2.28. The SMILES string of the molecule is CC(C)(C)c1ccc(C(=O)N/N=C\c2c(OCc3ccc(Cl)cc3)ccc3ccccc23)cc1. The molecule has 0 aliphatic rings. The van der Waals surface area contributed by atoms with Gasteiger partial charge in [0.15, 0.2) is 0 Å². The molecular formula is C29H27ClN2O2. The fourth-order valence-electron chi connectivity index (χ4n) is 3.62. The van der Waals surface area contributed by atoms with Crippen molar-refractivity contribution in [2.45, 2.75) is 32.8 Å². The first-order chi connectivity index (χ1) is 16.3. The highest BCUT2D eigenvalue weighted by Gasteiger charge is 2.14. The molecule has 1 amide bonds. The van der Waals surface area contributed by atoms with Gasteiger partial charge in [-0.3, -0.25) is 4.79 Å². The summed E-state index contributed by atoms with van der Waals surface area (Å²) in [6, 6.07) is 27.1. The number of ether oxygens (including phenoxy) is 1. The molecular weight excluding hydrogens is 444 g/mol. The maximum Gasteiger partial charge on any atom is 0.271 e. The molecule has 0 bridgehead atoms. The number of carbonyl (C=O) groups is 1. The fourth-order valence-corrected chi connectivity index (χ4v) is 3.74. The van der Waals surface area contributed by atoms with Crippen molar-refractivity contribution in [1.29, 1.82) is 0 Å². The van der Waals surface area contributed by atoms with Crippen LogP contribution in [0.3, 0.4) is 0 Å². The first kappa shape index (κ1) is 23.5. The van der Waals surface area contributed by atoms with Gasteiger partial charge in [-0.05, 0) is 57.6 Å². The average Bonchev–Trinajstić information content (AvgIpc) is 2.83. The summed E-state index contributed by atoms with van der Waals surface area (Å²) in [6.45, 7) is 6.82. The molecule has 34 heavy (non-hydrogen) atoms. The van der Waals surface area contributed by atoms with Crippen LogP contribution in [0, 0.1) is 0 Å². The lowest BCUT2D eigenvalue weighted by atomic mass is 9.87. The molecule has 0 saturated heterocycles. The van der Waals surface area contributed by atoms with Gasteiger partial charge in [0.25, 0.3) is 5.91 Å². The predicted octanol–water partition coefficient (Wildman–Crippen LogP) is 7.13. The lowest BCUT2D eigenvalue weighted by molar-refractivity contribution is 0.0955. The Labute approximate surface area is 205 Å². The summed E-state index contributed by atoms with van der Waals surface area (Å²) in [6.07, 6.45) is 1.64. The normalized spacial score (nSPS) is 11.6. The van der Waals surface area contributed by atoms with Gasteiger partial charge in [0.2, 0.25) is 0 Å². The molecule has 0 spiro atoms. The summed E-state index contributed by atoms with van der Waals surface area (Å²) in [5.41, 5.74) is 6.21. The Morgan fingerprint density at radius 2 is 1.65 bits per heavy atom. The van der Waals surface area contributed by atoms with Crippen LogP contribution in [0.25, 0.3) is 10.8 Å². The van der Waals surface area contributed by atoms with E-state index in [0.29, 0.717) is 22.9 Å². The third-order valence-electron chi connectivity index (χ3n) is 5.61. The van der Waals surface area contributed by atoms with Crippen molar-refractivity contribution in [3.8, 4) is 5.75 Å². The zero-order valence-electron chi connectivity index (χ0n) is 19.5. The van der Waals surface area contributed by atoms with Gasteiger partial charge in [0.1, 0.15) is 12.4 Å². The van der Waals surface area contributed by atoms with Crippen LogP contribution in [0.4, 0.5) is 0 Å². The Morgan fingerprint density at radius 1 is 0.941 bits per heavy atom. The molecule has 0 heterocycles. The maximum atomic E-state index is 12.6. The van der Waals surface area contributed by atoms with E-state index in [1.807, 2.05) is 84.9 Å². The summed E-state index contributed by atoms with van der Waals surface area (Å²) < 4.78 is 6.11. The van der Waals surface area contributed by atoms with Gasteiger partial charge < -0.3 is 4.74 Å². The molecule has 4 aromatic rings. The number of rotatable bonds is 6. The second kappa shape index (κ2) is 10.1. The number of hydrogen-bond donors (Lipinski definition) is 1. The zero-order valence-corrected chi connectivity index (χ0v) is 20.3. The van der Waals surface area contributed by atoms with Crippen molar-refractivity contribution in [2.75, 3.05) is 0 Å². The van der Waals surface area contributed by atoms with Gasteiger partial charge in [-0.25, -0.2) is 5.43 Å². The third-order valence-corrected chi connectivity index (χ3v) is 5.86. The number of amides is 1.